The topological polar surface area (TPSA) is 52.6 Å². The molecule has 0 N–H and O–H groups in total. The second-order valence-electron chi connectivity index (χ2n) is 6.18. The molecule has 0 spiro atoms. The molecule has 0 saturated carbocycles. The lowest BCUT2D eigenvalue weighted by atomic mass is 9.72. The number of ether oxygens (including phenoxy) is 2. The van der Waals surface area contributed by atoms with Crippen molar-refractivity contribution >= 4 is 11.9 Å². The molecule has 0 aromatic heterocycles. The lowest BCUT2D eigenvalue weighted by Crippen LogP contribution is -2.38. The molecule has 0 saturated heterocycles. The first-order valence-corrected chi connectivity index (χ1v) is 7.60. The minimum absolute atomic E-state index is 0.107. The Balaban J connectivity index is 5.28. The summed E-state index contributed by atoms with van der Waals surface area (Å²) in [6.07, 6.45) is 1.39. The summed E-state index contributed by atoms with van der Waals surface area (Å²) < 4.78 is 10.3. The number of hydrogen-bond donors (Lipinski definition) is 0. The van der Waals surface area contributed by atoms with Crippen LogP contribution in [0, 0.1) is 17.3 Å². The van der Waals surface area contributed by atoms with E-state index in [2.05, 4.69) is 27.7 Å². The maximum absolute atomic E-state index is 12.4. The van der Waals surface area contributed by atoms with Gasteiger partial charge in [0.1, 0.15) is 0 Å². The normalized spacial score (nSPS) is 11.8. The molecular weight excluding hydrogens is 256 g/mol. The van der Waals surface area contributed by atoms with Gasteiger partial charge < -0.3 is 9.47 Å². The highest BCUT2D eigenvalue weighted by molar-refractivity contribution is 5.83. The maximum Gasteiger partial charge on any atom is 0.312 e. The van der Waals surface area contributed by atoms with Gasteiger partial charge in [-0.1, -0.05) is 27.7 Å². The van der Waals surface area contributed by atoms with E-state index in [1.807, 2.05) is 0 Å². The fourth-order valence-corrected chi connectivity index (χ4v) is 2.80. The minimum Gasteiger partial charge on any atom is -0.466 e. The summed E-state index contributed by atoms with van der Waals surface area (Å²) in [6, 6.07) is 0. The first-order chi connectivity index (χ1) is 9.27. The van der Waals surface area contributed by atoms with Gasteiger partial charge in [-0.3, -0.25) is 9.59 Å². The standard InChI is InChI=1S/C16H30O4/c1-7-19-14(17)11-16(9-12(3)4,10-13(5)6)15(18)20-8-2/h12-13H,7-11H2,1-6H3. The third-order valence-corrected chi connectivity index (χ3v) is 3.09. The number of rotatable bonds is 9. The van der Waals surface area contributed by atoms with Crippen molar-refractivity contribution in [1.82, 2.24) is 0 Å². The van der Waals surface area contributed by atoms with Gasteiger partial charge >= 0.3 is 11.9 Å². The largest absolute Gasteiger partial charge is 0.466 e. The summed E-state index contributed by atoms with van der Waals surface area (Å²) in [5.41, 5.74) is -0.759. The van der Waals surface area contributed by atoms with Crippen molar-refractivity contribution in [3.8, 4) is 0 Å². The van der Waals surface area contributed by atoms with Crippen molar-refractivity contribution < 1.29 is 19.1 Å². The number of esters is 2. The van der Waals surface area contributed by atoms with E-state index >= 15 is 0 Å². The van der Waals surface area contributed by atoms with Gasteiger partial charge in [0.15, 0.2) is 0 Å². The Morgan fingerprint density at radius 1 is 0.900 bits per heavy atom. The van der Waals surface area contributed by atoms with Crippen LogP contribution >= 0.6 is 0 Å². The molecule has 20 heavy (non-hydrogen) atoms. The second kappa shape index (κ2) is 8.98. The van der Waals surface area contributed by atoms with E-state index in [9.17, 15) is 9.59 Å². The molecule has 4 nitrogen and oxygen atoms in total. The molecule has 0 atom stereocenters. The zero-order valence-corrected chi connectivity index (χ0v) is 13.8. The van der Waals surface area contributed by atoms with Crippen molar-refractivity contribution in [2.75, 3.05) is 13.2 Å². The molecule has 0 unspecified atom stereocenters. The summed E-state index contributed by atoms with van der Waals surface area (Å²) >= 11 is 0. The molecule has 0 aliphatic rings. The average Bonchev–Trinajstić information content (AvgIpc) is 2.27. The minimum atomic E-state index is -0.759. The van der Waals surface area contributed by atoms with Crippen LogP contribution in [0.1, 0.15) is 60.8 Å². The Morgan fingerprint density at radius 3 is 1.70 bits per heavy atom. The van der Waals surface area contributed by atoms with E-state index in [0.29, 0.717) is 37.9 Å². The fraction of sp³-hybridized carbons (Fsp3) is 0.875. The predicted octanol–water partition coefficient (Wildman–Crippen LogP) is 3.58. The SMILES string of the molecule is CCOC(=O)CC(CC(C)C)(CC(C)C)C(=O)OCC. The van der Waals surface area contributed by atoms with Gasteiger partial charge in [0, 0.05) is 0 Å². The first kappa shape index (κ1) is 18.9. The number of carbonyl (C=O) groups excluding carboxylic acids is 2. The van der Waals surface area contributed by atoms with Crippen molar-refractivity contribution in [1.29, 1.82) is 0 Å². The lowest BCUT2D eigenvalue weighted by Gasteiger charge is -2.33. The predicted molar refractivity (Wildman–Crippen MR) is 79.2 cm³/mol. The molecule has 0 aromatic rings. The summed E-state index contributed by atoms with van der Waals surface area (Å²) in [4.78, 5) is 24.3. The quantitative estimate of drug-likeness (QED) is 0.608. The van der Waals surface area contributed by atoms with Gasteiger partial charge in [-0.05, 0) is 38.5 Å². The third-order valence-electron chi connectivity index (χ3n) is 3.09. The number of hydrogen-bond acceptors (Lipinski definition) is 4. The summed E-state index contributed by atoms with van der Waals surface area (Å²) in [7, 11) is 0. The van der Waals surface area contributed by atoms with Gasteiger partial charge in [-0.2, -0.15) is 0 Å². The van der Waals surface area contributed by atoms with E-state index in [0.717, 1.165) is 0 Å². The van der Waals surface area contributed by atoms with Gasteiger partial charge in [0.05, 0.1) is 25.0 Å². The van der Waals surface area contributed by atoms with E-state index in [4.69, 9.17) is 9.47 Å². The van der Waals surface area contributed by atoms with Crippen LogP contribution in [0.2, 0.25) is 0 Å². The smallest absolute Gasteiger partial charge is 0.312 e. The Labute approximate surface area is 123 Å². The Hall–Kier alpha value is -1.06. The van der Waals surface area contributed by atoms with Crippen LogP contribution in [0.5, 0.6) is 0 Å². The highest BCUT2D eigenvalue weighted by Crippen LogP contribution is 2.39. The molecule has 0 radical (unpaired) electrons. The lowest BCUT2D eigenvalue weighted by molar-refractivity contribution is -0.165. The van der Waals surface area contributed by atoms with Gasteiger partial charge in [0.25, 0.3) is 0 Å². The van der Waals surface area contributed by atoms with Crippen LogP contribution in [-0.4, -0.2) is 25.2 Å². The highest BCUT2D eigenvalue weighted by Gasteiger charge is 2.43. The van der Waals surface area contributed by atoms with Crippen LogP contribution < -0.4 is 0 Å². The van der Waals surface area contributed by atoms with E-state index in [-0.39, 0.29) is 18.4 Å². The Morgan fingerprint density at radius 2 is 1.35 bits per heavy atom. The second-order valence-corrected chi connectivity index (χ2v) is 6.18. The first-order valence-electron chi connectivity index (χ1n) is 7.60. The summed E-state index contributed by atoms with van der Waals surface area (Å²) in [6.45, 7) is 12.4. The highest BCUT2D eigenvalue weighted by atomic mass is 16.5. The molecular formula is C16H30O4. The monoisotopic (exact) mass is 286 g/mol. The molecule has 118 valence electrons. The molecule has 0 aromatic carbocycles. The zero-order valence-electron chi connectivity index (χ0n) is 13.8. The molecule has 0 bridgehead atoms. The van der Waals surface area contributed by atoms with Gasteiger partial charge in [-0.15, -0.1) is 0 Å². The van der Waals surface area contributed by atoms with Crippen molar-refractivity contribution in [2.24, 2.45) is 17.3 Å². The van der Waals surface area contributed by atoms with Crippen molar-refractivity contribution in [3.63, 3.8) is 0 Å². The third kappa shape index (κ3) is 6.40. The molecule has 4 heteroatoms. The van der Waals surface area contributed by atoms with E-state index < -0.39 is 5.41 Å². The van der Waals surface area contributed by atoms with Crippen LogP contribution in [0.3, 0.4) is 0 Å². The molecule has 0 rings (SSSR count). The fourth-order valence-electron chi connectivity index (χ4n) is 2.80. The van der Waals surface area contributed by atoms with Crippen molar-refractivity contribution in [2.45, 2.75) is 60.8 Å². The number of carbonyl (C=O) groups is 2. The summed E-state index contributed by atoms with van der Waals surface area (Å²) in [5.74, 6) is 0.0393. The van der Waals surface area contributed by atoms with Crippen LogP contribution in [0.4, 0.5) is 0 Å². The van der Waals surface area contributed by atoms with E-state index in [1.54, 1.807) is 13.8 Å². The Bertz CT molecular complexity index is 298. The molecule has 0 fully saturated rings. The zero-order chi connectivity index (χ0) is 15.8. The molecule has 0 aliphatic heterocycles. The van der Waals surface area contributed by atoms with Crippen molar-refractivity contribution in [3.05, 3.63) is 0 Å². The van der Waals surface area contributed by atoms with Gasteiger partial charge in [-0.25, -0.2) is 0 Å². The van der Waals surface area contributed by atoms with Crippen LogP contribution in [0.25, 0.3) is 0 Å². The average molecular weight is 286 g/mol. The molecule has 0 aliphatic carbocycles. The van der Waals surface area contributed by atoms with Crippen LogP contribution in [-0.2, 0) is 19.1 Å². The Kier molecular flexibility index (Phi) is 8.51. The summed E-state index contributed by atoms with van der Waals surface area (Å²) in [5, 5.41) is 0. The van der Waals surface area contributed by atoms with E-state index in [1.165, 1.54) is 0 Å². The van der Waals surface area contributed by atoms with Gasteiger partial charge in [0.2, 0.25) is 0 Å². The van der Waals surface area contributed by atoms with Crippen LogP contribution in [0.15, 0.2) is 0 Å². The molecule has 0 amide bonds. The maximum atomic E-state index is 12.4. The molecule has 0 heterocycles.